The molecule has 6 fully saturated rings. The molecule has 7 heteroatoms. The maximum Gasteiger partial charge on any atom is 0.306 e. The normalized spacial score (nSPS) is 42.8. The smallest absolute Gasteiger partial charge is 0.306 e. The van der Waals surface area contributed by atoms with Gasteiger partial charge in [0, 0.05) is 31.6 Å². The van der Waals surface area contributed by atoms with E-state index in [9.17, 15) is 19.5 Å². The third-order valence-electron chi connectivity index (χ3n) is 17.1. The largest absolute Gasteiger partial charge is 0.481 e. The second-order valence-corrected chi connectivity index (χ2v) is 20.3. The predicted octanol–water partition coefficient (Wildman–Crippen LogP) is 8.61. The zero-order chi connectivity index (χ0) is 36.7. The van der Waals surface area contributed by atoms with E-state index in [0.717, 1.165) is 77.7 Å². The van der Waals surface area contributed by atoms with Gasteiger partial charge in [-0.2, -0.15) is 0 Å². The standard InChI is InChI=1S/C43H70N2O5/c1-11-44-22-24-45(25-23-44)37(49)43-19-14-29(28(2)3)36(43)30-12-13-32-40(8)17-16-33(50-35(48)27-38(4,5)26-34(46)47)39(6,7)31(40)15-18-42(32,10)41(30,9)20-21-43/h29-33,36H,2,11-27H2,1,3-10H3,(H,46,47)/t29-,30+,31-,32+,33-,36+,40-,41+,42+,43-/m0/s1. The number of nitrogens with zero attached hydrogens (tertiary/aromatic N) is 2. The molecule has 6 rings (SSSR count). The molecule has 50 heavy (non-hydrogen) atoms. The zero-order valence-corrected chi connectivity index (χ0v) is 33.2. The van der Waals surface area contributed by atoms with E-state index in [1.165, 1.54) is 24.8 Å². The van der Waals surface area contributed by atoms with Crippen molar-refractivity contribution >= 4 is 17.8 Å². The molecule has 0 aromatic rings. The van der Waals surface area contributed by atoms with Crippen LogP contribution in [0.3, 0.4) is 0 Å². The minimum Gasteiger partial charge on any atom is -0.481 e. The molecule has 7 nitrogen and oxygen atoms in total. The highest BCUT2D eigenvalue weighted by atomic mass is 16.5. The molecule has 1 saturated heterocycles. The van der Waals surface area contributed by atoms with Crippen molar-refractivity contribution in [3.63, 3.8) is 0 Å². The van der Waals surface area contributed by atoms with Crippen LogP contribution in [0.15, 0.2) is 12.2 Å². The molecule has 0 aromatic heterocycles. The summed E-state index contributed by atoms with van der Waals surface area (Å²) in [6.07, 6.45) is 10.9. The van der Waals surface area contributed by atoms with Crippen LogP contribution in [-0.4, -0.2) is 71.6 Å². The number of ether oxygens (including phenoxy) is 1. The molecule has 1 amide bonds. The number of amides is 1. The Hall–Kier alpha value is -1.89. The molecular formula is C43H70N2O5. The van der Waals surface area contributed by atoms with Crippen LogP contribution in [0.5, 0.6) is 0 Å². The van der Waals surface area contributed by atoms with E-state index in [1.807, 2.05) is 13.8 Å². The van der Waals surface area contributed by atoms with Crippen molar-refractivity contribution in [1.82, 2.24) is 9.80 Å². The Morgan fingerprint density at radius 1 is 0.820 bits per heavy atom. The lowest BCUT2D eigenvalue weighted by molar-refractivity contribution is -0.250. The lowest BCUT2D eigenvalue weighted by Crippen LogP contribution is -2.67. The van der Waals surface area contributed by atoms with Gasteiger partial charge in [-0.15, -0.1) is 0 Å². The molecule has 0 spiro atoms. The number of esters is 1. The highest BCUT2D eigenvalue weighted by molar-refractivity contribution is 5.84. The fourth-order valence-corrected chi connectivity index (χ4v) is 14.3. The number of carbonyl (C=O) groups excluding carboxylic acids is 2. The summed E-state index contributed by atoms with van der Waals surface area (Å²) in [6.45, 7) is 30.0. The van der Waals surface area contributed by atoms with E-state index in [-0.39, 0.29) is 52.0 Å². The van der Waals surface area contributed by atoms with E-state index >= 15 is 0 Å². The minimum absolute atomic E-state index is 0.0455. The minimum atomic E-state index is -0.881. The van der Waals surface area contributed by atoms with E-state index in [2.05, 4.69) is 64.8 Å². The summed E-state index contributed by atoms with van der Waals surface area (Å²) in [6, 6.07) is 0. The molecule has 10 atom stereocenters. The van der Waals surface area contributed by atoms with E-state index in [4.69, 9.17) is 4.74 Å². The van der Waals surface area contributed by atoms with Crippen LogP contribution < -0.4 is 0 Å². The van der Waals surface area contributed by atoms with Gasteiger partial charge in [-0.25, -0.2) is 0 Å². The molecule has 1 heterocycles. The van der Waals surface area contributed by atoms with Gasteiger partial charge >= 0.3 is 11.9 Å². The topological polar surface area (TPSA) is 87.2 Å². The second kappa shape index (κ2) is 12.9. The molecule has 0 radical (unpaired) electrons. The molecule has 0 unspecified atom stereocenters. The Morgan fingerprint density at radius 3 is 2.12 bits per heavy atom. The summed E-state index contributed by atoms with van der Waals surface area (Å²) >= 11 is 0. The Kier molecular flexibility index (Phi) is 9.77. The van der Waals surface area contributed by atoms with Crippen molar-refractivity contribution in [2.24, 2.45) is 62.1 Å². The van der Waals surface area contributed by atoms with Gasteiger partial charge < -0.3 is 19.6 Å². The third kappa shape index (κ3) is 5.81. The van der Waals surface area contributed by atoms with E-state index < -0.39 is 11.4 Å². The number of rotatable bonds is 8. The molecular weight excluding hydrogens is 624 g/mol. The predicted molar refractivity (Wildman–Crippen MR) is 198 cm³/mol. The van der Waals surface area contributed by atoms with E-state index in [0.29, 0.717) is 35.5 Å². The molecule has 1 aliphatic heterocycles. The van der Waals surface area contributed by atoms with Crippen LogP contribution in [0.2, 0.25) is 0 Å². The van der Waals surface area contributed by atoms with Crippen LogP contribution in [0, 0.1) is 62.1 Å². The van der Waals surface area contributed by atoms with Crippen molar-refractivity contribution in [3.8, 4) is 0 Å². The summed E-state index contributed by atoms with van der Waals surface area (Å²) in [7, 11) is 0. The monoisotopic (exact) mass is 695 g/mol. The molecule has 1 N–H and O–H groups in total. The lowest BCUT2D eigenvalue weighted by atomic mass is 9.32. The van der Waals surface area contributed by atoms with Gasteiger partial charge in [-0.1, -0.05) is 67.5 Å². The van der Waals surface area contributed by atoms with Crippen molar-refractivity contribution in [3.05, 3.63) is 12.2 Å². The van der Waals surface area contributed by atoms with Gasteiger partial charge in [0.1, 0.15) is 6.10 Å². The number of piperazine rings is 1. The first kappa shape index (κ1) is 37.9. The van der Waals surface area contributed by atoms with Crippen LogP contribution in [-0.2, 0) is 19.1 Å². The average molecular weight is 695 g/mol. The van der Waals surface area contributed by atoms with Gasteiger partial charge in [0.2, 0.25) is 5.91 Å². The fraction of sp³-hybridized carbons (Fsp3) is 0.884. The first-order valence-electron chi connectivity index (χ1n) is 20.3. The summed E-state index contributed by atoms with van der Waals surface area (Å²) in [5.41, 5.74) is 0.759. The number of hydrogen-bond donors (Lipinski definition) is 1. The summed E-state index contributed by atoms with van der Waals surface area (Å²) < 4.78 is 6.28. The Balaban J connectivity index is 1.24. The molecule has 5 saturated carbocycles. The van der Waals surface area contributed by atoms with E-state index in [1.54, 1.807) is 0 Å². The Morgan fingerprint density at radius 2 is 1.50 bits per heavy atom. The van der Waals surface area contributed by atoms with Crippen LogP contribution in [0.1, 0.15) is 139 Å². The second-order valence-electron chi connectivity index (χ2n) is 20.3. The van der Waals surface area contributed by atoms with Crippen molar-refractivity contribution < 1.29 is 24.2 Å². The van der Waals surface area contributed by atoms with Crippen LogP contribution >= 0.6 is 0 Å². The van der Waals surface area contributed by atoms with Crippen molar-refractivity contribution in [1.29, 1.82) is 0 Å². The quantitative estimate of drug-likeness (QED) is 0.202. The summed E-state index contributed by atoms with van der Waals surface area (Å²) in [4.78, 5) is 44.2. The maximum absolute atomic E-state index is 14.8. The molecule has 0 aromatic carbocycles. The highest BCUT2D eigenvalue weighted by Crippen LogP contribution is 2.77. The maximum atomic E-state index is 14.8. The summed E-state index contributed by atoms with van der Waals surface area (Å²) in [5.74, 6) is 1.71. The van der Waals surface area contributed by atoms with Gasteiger partial charge in [0.15, 0.2) is 0 Å². The number of aliphatic carboxylic acids is 1. The van der Waals surface area contributed by atoms with Gasteiger partial charge in [0.05, 0.1) is 18.3 Å². The number of carboxylic acid groups (broad SMARTS) is 1. The Bertz CT molecular complexity index is 1360. The number of allylic oxidation sites excluding steroid dienone is 1. The average Bonchev–Trinajstić information content (AvgIpc) is 3.43. The first-order chi connectivity index (χ1) is 23.3. The van der Waals surface area contributed by atoms with Gasteiger partial charge in [-0.3, -0.25) is 14.4 Å². The highest BCUT2D eigenvalue weighted by Gasteiger charge is 2.72. The Labute approximate surface area is 303 Å². The first-order valence-corrected chi connectivity index (χ1v) is 20.3. The van der Waals surface area contributed by atoms with Gasteiger partial charge in [-0.05, 0) is 129 Å². The fourth-order valence-electron chi connectivity index (χ4n) is 14.3. The third-order valence-corrected chi connectivity index (χ3v) is 17.1. The molecule has 0 bridgehead atoms. The molecule has 5 aliphatic carbocycles. The zero-order valence-electron chi connectivity index (χ0n) is 33.2. The van der Waals surface area contributed by atoms with Crippen LogP contribution in [0.25, 0.3) is 0 Å². The summed E-state index contributed by atoms with van der Waals surface area (Å²) in [5, 5.41) is 9.34. The molecule has 282 valence electrons. The molecule has 6 aliphatic rings. The van der Waals surface area contributed by atoms with Crippen molar-refractivity contribution in [2.75, 3.05) is 32.7 Å². The number of likely N-dealkylation sites (N-methyl/N-ethyl adjacent to an activating group) is 1. The number of fused-ring (bicyclic) bond motifs is 7. The van der Waals surface area contributed by atoms with Gasteiger partial charge in [0.25, 0.3) is 0 Å². The number of carboxylic acids is 1. The van der Waals surface area contributed by atoms with Crippen molar-refractivity contribution in [2.45, 2.75) is 145 Å². The van der Waals surface area contributed by atoms with Crippen LogP contribution in [0.4, 0.5) is 0 Å². The lowest BCUT2D eigenvalue weighted by Gasteiger charge is -2.73. The SMILES string of the molecule is C=C(C)[C@@H]1CC[C@]2(C(=O)N3CCN(CC)CC3)CC[C@]3(C)[C@H](CC[C@@H]4[C@@]5(C)CC[C@H](OC(=O)CC(C)(C)CC(=O)O)C(C)(C)[C@@H]5CC[C@]43C)[C@@H]12. The number of carbonyl (C=O) groups is 3. The number of hydrogen-bond acceptors (Lipinski definition) is 5.